The first-order valence-corrected chi connectivity index (χ1v) is 12.9. The number of para-hydroxylation sites is 1. The maximum atomic E-state index is 13.7. The molecule has 4 nitrogen and oxygen atoms in total. The van der Waals surface area contributed by atoms with Crippen LogP contribution in [0, 0.1) is 5.92 Å². The molecule has 0 bridgehead atoms. The van der Waals surface area contributed by atoms with E-state index in [0.717, 1.165) is 23.8 Å². The largest absolute Gasteiger partial charge is 0.387 e. The Labute approximate surface area is 187 Å². The van der Waals surface area contributed by atoms with E-state index in [-0.39, 0.29) is 10.8 Å². The van der Waals surface area contributed by atoms with Gasteiger partial charge in [-0.25, -0.2) is 12.4 Å². The Morgan fingerprint density at radius 3 is 2.35 bits per heavy atom. The molecule has 0 radical (unpaired) electrons. The Hall–Kier alpha value is -2.11. The summed E-state index contributed by atoms with van der Waals surface area (Å²) in [5.74, 6) is -0.0997. The predicted octanol–water partition coefficient (Wildman–Crippen LogP) is 6.47. The molecule has 3 aromatic rings. The third kappa shape index (κ3) is 5.39. The van der Waals surface area contributed by atoms with Crippen LogP contribution < -0.4 is 0 Å². The van der Waals surface area contributed by atoms with Crippen LogP contribution in [0.25, 0.3) is 10.9 Å². The van der Waals surface area contributed by atoms with Crippen LogP contribution in [0.4, 0.5) is 0 Å². The van der Waals surface area contributed by atoms with Crippen molar-refractivity contribution >= 4 is 20.9 Å². The average Bonchev–Trinajstić information content (AvgIpc) is 3.16. The second-order valence-electron chi connectivity index (χ2n) is 8.75. The van der Waals surface area contributed by atoms with Gasteiger partial charge in [0.1, 0.15) is 0 Å². The molecule has 0 saturated heterocycles. The van der Waals surface area contributed by atoms with E-state index in [2.05, 4.69) is 6.92 Å². The van der Waals surface area contributed by atoms with Crippen molar-refractivity contribution in [1.82, 2.24) is 3.97 Å². The molecule has 1 N–H and O–H groups in total. The maximum absolute atomic E-state index is 13.7. The highest BCUT2D eigenvalue weighted by Crippen LogP contribution is 2.32. The zero-order valence-corrected chi connectivity index (χ0v) is 19.7. The molecule has 1 atom stereocenters. The van der Waals surface area contributed by atoms with Gasteiger partial charge in [0.25, 0.3) is 10.0 Å². The summed E-state index contributed by atoms with van der Waals surface area (Å²) in [5, 5.41) is 11.6. The number of aryl methyl sites for hydroxylation is 1. The van der Waals surface area contributed by atoms with Crippen molar-refractivity contribution < 1.29 is 13.5 Å². The lowest BCUT2D eigenvalue weighted by Crippen LogP contribution is -2.19. The minimum Gasteiger partial charge on any atom is -0.387 e. The molecule has 0 fully saturated rings. The van der Waals surface area contributed by atoms with Crippen LogP contribution in [0.3, 0.4) is 0 Å². The molecule has 0 aliphatic rings. The molecule has 2 aromatic carbocycles. The fraction of sp³-hybridized carbons (Fsp3) is 0.462. The topological polar surface area (TPSA) is 59.3 Å². The van der Waals surface area contributed by atoms with Crippen molar-refractivity contribution in [3.05, 3.63) is 65.9 Å². The van der Waals surface area contributed by atoms with Crippen molar-refractivity contribution in [2.75, 3.05) is 0 Å². The molecule has 0 saturated carbocycles. The summed E-state index contributed by atoms with van der Waals surface area (Å²) in [7, 11) is -3.84. The molecule has 1 aromatic heterocycles. The first-order chi connectivity index (χ1) is 14.9. The number of aliphatic hydroxyl groups is 1. The first kappa shape index (κ1) is 23.6. The Morgan fingerprint density at radius 1 is 0.903 bits per heavy atom. The van der Waals surface area contributed by atoms with Crippen LogP contribution in [-0.4, -0.2) is 17.5 Å². The Kier molecular flexibility index (Phi) is 7.95. The summed E-state index contributed by atoms with van der Waals surface area (Å²) in [6.07, 6.45) is 7.27. The van der Waals surface area contributed by atoms with Gasteiger partial charge in [-0.15, -0.1) is 0 Å². The van der Waals surface area contributed by atoms with E-state index in [9.17, 15) is 13.5 Å². The summed E-state index contributed by atoms with van der Waals surface area (Å²) >= 11 is 0. The number of aliphatic hydroxyl groups excluding tert-OH is 1. The van der Waals surface area contributed by atoms with Gasteiger partial charge in [0, 0.05) is 5.39 Å². The third-order valence-corrected chi connectivity index (χ3v) is 7.62. The monoisotopic (exact) mass is 441 g/mol. The van der Waals surface area contributed by atoms with Crippen LogP contribution in [0.5, 0.6) is 0 Å². The molecule has 3 rings (SSSR count). The van der Waals surface area contributed by atoms with Crippen molar-refractivity contribution in [2.24, 2.45) is 5.92 Å². The van der Waals surface area contributed by atoms with Crippen LogP contribution in [0.1, 0.15) is 76.7 Å². The zero-order valence-electron chi connectivity index (χ0n) is 18.9. The SMILES string of the molecule is CCCCCCCCc1cccc(S(=O)(=O)n2c(C(O)C(C)C)cc3ccccc32)c1. The number of rotatable bonds is 11. The molecule has 31 heavy (non-hydrogen) atoms. The van der Waals surface area contributed by atoms with Crippen LogP contribution in [0.15, 0.2) is 59.5 Å². The number of fused-ring (bicyclic) bond motifs is 1. The average molecular weight is 442 g/mol. The van der Waals surface area contributed by atoms with Gasteiger partial charge in [0.05, 0.1) is 22.2 Å². The lowest BCUT2D eigenvalue weighted by Gasteiger charge is -2.19. The summed E-state index contributed by atoms with van der Waals surface area (Å²) in [4.78, 5) is 0.273. The maximum Gasteiger partial charge on any atom is 0.268 e. The first-order valence-electron chi connectivity index (χ1n) is 11.5. The summed E-state index contributed by atoms with van der Waals surface area (Å²) in [5.41, 5.74) is 2.05. The van der Waals surface area contributed by atoms with Crippen molar-refractivity contribution in [1.29, 1.82) is 0 Å². The minimum atomic E-state index is -3.84. The number of hydrogen-bond acceptors (Lipinski definition) is 3. The normalized spacial score (nSPS) is 13.2. The van der Waals surface area contributed by atoms with Crippen molar-refractivity contribution in [2.45, 2.75) is 76.7 Å². The standard InChI is InChI=1S/C26H35NO3S/c1-4-5-6-7-8-9-13-21-14-12-16-23(18-21)31(29,30)27-24-17-11-10-15-22(24)19-25(27)26(28)20(2)3/h10-12,14-20,26,28H,4-9,13H2,1-3H3. The highest BCUT2D eigenvalue weighted by Gasteiger charge is 2.27. The number of benzene rings is 2. The van der Waals surface area contributed by atoms with Gasteiger partial charge in [0.2, 0.25) is 0 Å². The van der Waals surface area contributed by atoms with Crippen LogP contribution in [-0.2, 0) is 16.4 Å². The number of hydrogen-bond donors (Lipinski definition) is 1. The summed E-state index contributed by atoms with van der Waals surface area (Å²) in [6, 6.07) is 16.4. The highest BCUT2D eigenvalue weighted by molar-refractivity contribution is 7.90. The fourth-order valence-electron chi connectivity index (χ4n) is 4.04. The predicted molar refractivity (Wildman–Crippen MR) is 128 cm³/mol. The van der Waals surface area contributed by atoms with Crippen molar-refractivity contribution in [3.63, 3.8) is 0 Å². The van der Waals surface area contributed by atoms with E-state index in [1.54, 1.807) is 24.3 Å². The number of unbranched alkanes of at least 4 members (excludes halogenated alkanes) is 5. The Morgan fingerprint density at radius 2 is 1.61 bits per heavy atom. The molecule has 0 amide bonds. The van der Waals surface area contributed by atoms with Crippen LogP contribution >= 0.6 is 0 Å². The Bertz CT molecular complexity index is 1100. The fourth-order valence-corrected chi connectivity index (χ4v) is 5.67. The molecule has 0 aliphatic carbocycles. The van der Waals surface area contributed by atoms with E-state index in [4.69, 9.17) is 0 Å². The van der Waals surface area contributed by atoms with Crippen molar-refractivity contribution in [3.8, 4) is 0 Å². The van der Waals surface area contributed by atoms with Crippen LogP contribution in [0.2, 0.25) is 0 Å². The van der Waals surface area contributed by atoms with Gasteiger partial charge in [-0.05, 0) is 48.6 Å². The lowest BCUT2D eigenvalue weighted by molar-refractivity contribution is 0.122. The molecule has 0 aliphatic heterocycles. The molecule has 1 unspecified atom stereocenters. The number of nitrogens with zero attached hydrogens (tertiary/aromatic N) is 1. The second-order valence-corrected chi connectivity index (χ2v) is 10.5. The quantitative estimate of drug-likeness (QED) is 0.347. The minimum absolute atomic E-state index is 0.0997. The third-order valence-electron chi connectivity index (χ3n) is 5.88. The van der Waals surface area contributed by atoms with Gasteiger partial charge in [-0.3, -0.25) is 0 Å². The van der Waals surface area contributed by atoms with E-state index in [1.165, 1.54) is 36.1 Å². The highest BCUT2D eigenvalue weighted by atomic mass is 32.2. The van der Waals surface area contributed by atoms with E-state index >= 15 is 0 Å². The molecular formula is C26H35NO3S. The van der Waals surface area contributed by atoms with Gasteiger partial charge in [0.15, 0.2) is 0 Å². The van der Waals surface area contributed by atoms with Gasteiger partial charge in [-0.2, -0.15) is 0 Å². The number of aromatic nitrogens is 1. The molecular weight excluding hydrogens is 406 g/mol. The smallest absolute Gasteiger partial charge is 0.268 e. The van der Waals surface area contributed by atoms with E-state index in [0.29, 0.717) is 11.2 Å². The molecule has 168 valence electrons. The summed E-state index contributed by atoms with van der Waals surface area (Å²) < 4.78 is 28.7. The summed E-state index contributed by atoms with van der Waals surface area (Å²) in [6.45, 7) is 5.99. The Balaban J connectivity index is 1.92. The molecule has 0 spiro atoms. The van der Waals surface area contributed by atoms with Gasteiger partial charge >= 0.3 is 0 Å². The van der Waals surface area contributed by atoms with Gasteiger partial charge < -0.3 is 5.11 Å². The zero-order chi connectivity index (χ0) is 22.4. The second kappa shape index (κ2) is 10.5. The van der Waals surface area contributed by atoms with Gasteiger partial charge in [-0.1, -0.05) is 83.2 Å². The van der Waals surface area contributed by atoms with E-state index in [1.807, 2.05) is 44.2 Å². The lowest BCUT2D eigenvalue weighted by atomic mass is 10.0. The van der Waals surface area contributed by atoms with E-state index < -0.39 is 16.1 Å². The molecule has 1 heterocycles. The molecule has 5 heteroatoms.